The van der Waals surface area contributed by atoms with E-state index in [2.05, 4.69) is 52.5 Å². The number of benzene rings is 2. The van der Waals surface area contributed by atoms with Gasteiger partial charge in [-0.05, 0) is 63.4 Å². The topological polar surface area (TPSA) is 48.1 Å². The van der Waals surface area contributed by atoms with Crippen LogP contribution in [0.2, 0.25) is 0 Å². The van der Waals surface area contributed by atoms with E-state index in [0.717, 1.165) is 38.9 Å². The summed E-state index contributed by atoms with van der Waals surface area (Å²) in [5.41, 5.74) is 5.61. The minimum absolute atomic E-state index is 0.0859. The van der Waals surface area contributed by atoms with E-state index < -0.39 is 5.41 Å². The molecule has 0 saturated carbocycles. The van der Waals surface area contributed by atoms with Crippen molar-refractivity contribution in [1.82, 2.24) is 9.88 Å². The third-order valence-corrected chi connectivity index (χ3v) is 7.22. The third kappa shape index (κ3) is 3.55. The van der Waals surface area contributed by atoms with Gasteiger partial charge in [0.2, 0.25) is 5.91 Å². The first-order valence-electron chi connectivity index (χ1n) is 11.6. The Morgan fingerprint density at radius 1 is 1.12 bits per heavy atom. The highest BCUT2D eigenvalue weighted by molar-refractivity contribution is 6.06. The first kappa shape index (κ1) is 21.0. The normalized spacial score (nSPS) is 21.0. The fourth-order valence-corrected chi connectivity index (χ4v) is 5.45. The molecule has 0 aliphatic carbocycles. The molecule has 2 aliphatic heterocycles. The highest BCUT2D eigenvalue weighted by atomic mass is 19.1. The molecular formula is C27H30FN3O. The standard InChI is InChI=1S/C27H30FN3O/c1-18-24(20-8-3-4-10-22(20)29-18)19-12-16-31(17-13-19)15-6-5-14-27(2)25-21(28)9-7-11-23(25)30-26(27)32/h3-4,7-12,29H,5-6,13-17H2,1-2H3,(H,30,32). The first-order valence-corrected chi connectivity index (χ1v) is 11.6. The fourth-order valence-electron chi connectivity index (χ4n) is 5.45. The van der Waals surface area contributed by atoms with Crippen molar-refractivity contribution in [3.05, 3.63) is 71.2 Å². The van der Waals surface area contributed by atoms with Gasteiger partial charge in [-0.25, -0.2) is 4.39 Å². The second kappa shape index (κ2) is 8.21. The van der Waals surface area contributed by atoms with Crippen LogP contribution in [0.5, 0.6) is 0 Å². The molecule has 0 spiro atoms. The molecule has 0 saturated heterocycles. The summed E-state index contributed by atoms with van der Waals surface area (Å²) >= 11 is 0. The molecule has 3 aromatic rings. The number of carbonyl (C=O) groups is 1. The average molecular weight is 432 g/mol. The Balaban J connectivity index is 1.18. The molecule has 3 heterocycles. The molecule has 1 amide bonds. The quantitative estimate of drug-likeness (QED) is 0.486. The highest BCUT2D eigenvalue weighted by Gasteiger charge is 2.44. The Bertz CT molecular complexity index is 1210. The number of H-pyrrole nitrogens is 1. The summed E-state index contributed by atoms with van der Waals surface area (Å²) in [7, 11) is 0. The molecule has 1 unspecified atom stereocenters. The summed E-state index contributed by atoms with van der Waals surface area (Å²) in [4.78, 5) is 18.6. The number of hydrogen-bond donors (Lipinski definition) is 2. The van der Waals surface area contributed by atoms with Crippen LogP contribution in [0.3, 0.4) is 0 Å². The van der Waals surface area contributed by atoms with Gasteiger partial charge in [-0.3, -0.25) is 9.69 Å². The highest BCUT2D eigenvalue weighted by Crippen LogP contribution is 2.42. The molecule has 166 valence electrons. The van der Waals surface area contributed by atoms with E-state index in [1.54, 1.807) is 12.1 Å². The van der Waals surface area contributed by atoms with E-state index in [1.165, 1.54) is 33.8 Å². The number of carbonyl (C=O) groups excluding carboxylic acids is 1. The van der Waals surface area contributed by atoms with E-state index in [9.17, 15) is 9.18 Å². The largest absolute Gasteiger partial charge is 0.358 e. The number of aryl methyl sites for hydroxylation is 1. The van der Waals surface area contributed by atoms with Gasteiger partial charge in [0.1, 0.15) is 5.82 Å². The molecule has 0 bridgehead atoms. The third-order valence-electron chi connectivity index (χ3n) is 7.22. The number of aromatic amines is 1. The van der Waals surface area contributed by atoms with Crippen LogP contribution in [0.25, 0.3) is 16.5 Å². The minimum atomic E-state index is -0.775. The lowest BCUT2D eigenvalue weighted by molar-refractivity contribution is -0.120. The van der Waals surface area contributed by atoms with Gasteiger partial charge in [0.25, 0.3) is 0 Å². The number of nitrogens with zero attached hydrogens (tertiary/aromatic N) is 1. The van der Waals surface area contributed by atoms with Gasteiger partial charge in [-0.2, -0.15) is 0 Å². The van der Waals surface area contributed by atoms with Crippen LogP contribution in [0.4, 0.5) is 10.1 Å². The van der Waals surface area contributed by atoms with Crippen LogP contribution in [0.1, 0.15) is 49.4 Å². The monoisotopic (exact) mass is 431 g/mol. The van der Waals surface area contributed by atoms with E-state index in [4.69, 9.17) is 0 Å². The fraction of sp³-hybridized carbons (Fsp3) is 0.370. The number of unbranched alkanes of at least 4 members (excludes halogenated alkanes) is 1. The van der Waals surface area contributed by atoms with E-state index in [1.807, 2.05) is 6.92 Å². The van der Waals surface area contributed by atoms with Gasteiger partial charge in [0.05, 0.1) is 5.41 Å². The zero-order valence-corrected chi connectivity index (χ0v) is 18.8. The van der Waals surface area contributed by atoms with Crippen molar-refractivity contribution in [2.75, 3.05) is 25.0 Å². The number of amides is 1. The molecule has 0 radical (unpaired) electrons. The number of hydrogen-bond acceptors (Lipinski definition) is 2. The van der Waals surface area contributed by atoms with Crippen molar-refractivity contribution >= 4 is 28.1 Å². The Morgan fingerprint density at radius 3 is 2.78 bits per heavy atom. The Morgan fingerprint density at radius 2 is 1.97 bits per heavy atom. The molecule has 2 N–H and O–H groups in total. The van der Waals surface area contributed by atoms with Crippen molar-refractivity contribution in [3.63, 3.8) is 0 Å². The van der Waals surface area contributed by atoms with E-state index in [0.29, 0.717) is 17.7 Å². The summed E-state index contributed by atoms with van der Waals surface area (Å²) in [5, 5.41) is 4.16. The summed E-state index contributed by atoms with van der Waals surface area (Å²) in [6, 6.07) is 13.4. The van der Waals surface area contributed by atoms with E-state index >= 15 is 0 Å². The minimum Gasteiger partial charge on any atom is -0.358 e. The van der Waals surface area contributed by atoms with Gasteiger partial charge in [0, 0.05) is 46.5 Å². The van der Waals surface area contributed by atoms with Gasteiger partial charge in [-0.15, -0.1) is 0 Å². The average Bonchev–Trinajstić information content (AvgIpc) is 3.25. The van der Waals surface area contributed by atoms with Gasteiger partial charge < -0.3 is 10.3 Å². The molecule has 1 atom stereocenters. The molecule has 2 aromatic carbocycles. The maximum absolute atomic E-state index is 14.4. The number of nitrogens with one attached hydrogen (secondary N) is 2. The van der Waals surface area contributed by atoms with Crippen molar-refractivity contribution in [1.29, 1.82) is 0 Å². The predicted molar refractivity (Wildman–Crippen MR) is 128 cm³/mol. The van der Waals surface area contributed by atoms with Gasteiger partial charge in [0.15, 0.2) is 0 Å². The maximum atomic E-state index is 14.4. The van der Waals surface area contributed by atoms with Crippen LogP contribution in [-0.2, 0) is 10.2 Å². The Kier molecular flexibility index (Phi) is 5.38. The lowest BCUT2D eigenvalue weighted by Crippen LogP contribution is -2.32. The second-order valence-corrected chi connectivity index (χ2v) is 9.36. The number of para-hydroxylation sites is 1. The summed E-state index contributed by atoms with van der Waals surface area (Å²) in [6.45, 7) is 7.02. The molecule has 32 heavy (non-hydrogen) atoms. The summed E-state index contributed by atoms with van der Waals surface area (Å²) in [5.74, 6) is -0.373. The van der Waals surface area contributed by atoms with Crippen LogP contribution in [-0.4, -0.2) is 35.4 Å². The van der Waals surface area contributed by atoms with Crippen LogP contribution < -0.4 is 5.32 Å². The zero-order chi connectivity index (χ0) is 22.3. The number of rotatable bonds is 6. The zero-order valence-electron chi connectivity index (χ0n) is 18.8. The lowest BCUT2D eigenvalue weighted by atomic mass is 9.79. The van der Waals surface area contributed by atoms with Gasteiger partial charge >= 0.3 is 0 Å². The maximum Gasteiger partial charge on any atom is 0.234 e. The van der Waals surface area contributed by atoms with Gasteiger partial charge in [-0.1, -0.05) is 36.8 Å². The molecule has 2 aliphatic rings. The smallest absolute Gasteiger partial charge is 0.234 e. The van der Waals surface area contributed by atoms with Crippen LogP contribution >= 0.6 is 0 Å². The lowest BCUT2D eigenvalue weighted by Gasteiger charge is -2.27. The molecule has 1 aromatic heterocycles. The number of aromatic nitrogens is 1. The molecule has 4 nitrogen and oxygen atoms in total. The number of halogens is 1. The number of anilines is 1. The second-order valence-electron chi connectivity index (χ2n) is 9.36. The van der Waals surface area contributed by atoms with Crippen molar-refractivity contribution in [3.8, 4) is 0 Å². The van der Waals surface area contributed by atoms with Crippen molar-refractivity contribution in [2.24, 2.45) is 0 Å². The summed E-state index contributed by atoms with van der Waals surface area (Å²) < 4.78 is 14.4. The van der Waals surface area contributed by atoms with Crippen LogP contribution in [0, 0.1) is 12.7 Å². The SMILES string of the molecule is Cc1[nH]c2ccccc2c1C1=CCN(CCCCC2(C)C(=O)Nc3cccc(F)c32)CC1. The molecule has 5 heteroatoms. The van der Waals surface area contributed by atoms with Crippen molar-refractivity contribution in [2.45, 2.75) is 44.9 Å². The molecule has 0 fully saturated rings. The number of fused-ring (bicyclic) bond motifs is 2. The van der Waals surface area contributed by atoms with Crippen LogP contribution in [0.15, 0.2) is 48.5 Å². The molecule has 5 rings (SSSR count). The van der Waals surface area contributed by atoms with E-state index in [-0.39, 0.29) is 11.7 Å². The summed E-state index contributed by atoms with van der Waals surface area (Å²) in [6.07, 6.45) is 5.97. The van der Waals surface area contributed by atoms with Crippen molar-refractivity contribution < 1.29 is 9.18 Å². The predicted octanol–water partition coefficient (Wildman–Crippen LogP) is 5.78. The first-order chi connectivity index (χ1) is 15.5. The Labute approximate surface area is 188 Å². The molecular weight excluding hydrogens is 401 g/mol. The Hall–Kier alpha value is -2.92.